The summed E-state index contributed by atoms with van der Waals surface area (Å²) in [5.74, 6) is -0.698. The molecule has 7 heteroatoms. The van der Waals surface area contributed by atoms with Crippen LogP contribution >= 0.6 is 0 Å². The molecule has 0 atom stereocenters. The first-order valence-corrected chi connectivity index (χ1v) is 7.86. The van der Waals surface area contributed by atoms with Crippen molar-refractivity contribution in [1.29, 1.82) is 0 Å². The average Bonchev–Trinajstić information content (AvgIpc) is 2.73. The molecule has 6 nitrogen and oxygen atoms in total. The predicted molar refractivity (Wildman–Crippen MR) is 73.2 cm³/mol. The molecule has 1 aromatic heterocycles. The van der Waals surface area contributed by atoms with Gasteiger partial charge in [-0.2, -0.15) is 5.10 Å². The quantitative estimate of drug-likeness (QED) is 0.887. The molecule has 108 valence electrons. The van der Waals surface area contributed by atoms with Crippen molar-refractivity contribution < 1.29 is 13.2 Å². The molecule has 0 saturated heterocycles. The van der Waals surface area contributed by atoms with E-state index < -0.39 is 15.9 Å². The standard InChI is InChI=1S/C12H21N3O3S/c1-5-15-10(6-8-13-15)11(16)14-19(17,18)9-7-12(2,3)4/h6,8H,5,7,9H2,1-4H3,(H,14,16). The van der Waals surface area contributed by atoms with Gasteiger partial charge in [0.05, 0.1) is 5.75 Å². The third-order valence-electron chi connectivity index (χ3n) is 2.62. The van der Waals surface area contributed by atoms with E-state index in [9.17, 15) is 13.2 Å². The van der Waals surface area contributed by atoms with E-state index in [2.05, 4.69) is 9.82 Å². The first-order chi connectivity index (χ1) is 8.64. The predicted octanol–water partition coefficient (Wildman–Crippen LogP) is 1.40. The van der Waals surface area contributed by atoms with Crippen LogP contribution in [0.4, 0.5) is 0 Å². The number of hydrogen-bond acceptors (Lipinski definition) is 4. The first-order valence-electron chi connectivity index (χ1n) is 6.21. The van der Waals surface area contributed by atoms with Crippen molar-refractivity contribution in [2.24, 2.45) is 5.41 Å². The topological polar surface area (TPSA) is 81.1 Å². The number of rotatable bonds is 5. The fourth-order valence-electron chi connectivity index (χ4n) is 1.46. The third-order valence-corrected chi connectivity index (χ3v) is 3.86. The zero-order valence-electron chi connectivity index (χ0n) is 11.8. The SMILES string of the molecule is CCn1nccc1C(=O)NS(=O)(=O)CCC(C)(C)C. The highest BCUT2D eigenvalue weighted by molar-refractivity contribution is 7.90. The van der Waals surface area contributed by atoms with Crippen molar-refractivity contribution in [3.63, 3.8) is 0 Å². The molecule has 1 amide bonds. The summed E-state index contributed by atoms with van der Waals surface area (Å²) in [6.07, 6.45) is 1.96. The molecular formula is C12H21N3O3S. The molecule has 19 heavy (non-hydrogen) atoms. The lowest BCUT2D eigenvalue weighted by molar-refractivity contribution is 0.0971. The largest absolute Gasteiger partial charge is 0.282 e. The lowest BCUT2D eigenvalue weighted by atomic mass is 9.94. The molecule has 1 rings (SSSR count). The maximum Gasteiger partial charge on any atom is 0.282 e. The van der Waals surface area contributed by atoms with Gasteiger partial charge in [0.2, 0.25) is 10.0 Å². The summed E-state index contributed by atoms with van der Waals surface area (Å²) in [6.45, 7) is 8.21. The summed E-state index contributed by atoms with van der Waals surface area (Å²) >= 11 is 0. The van der Waals surface area contributed by atoms with E-state index in [-0.39, 0.29) is 16.9 Å². The summed E-state index contributed by atoms with van der Waals surface area (Å²) in [5.41, 5.74) is 0.157. The van der Waals surface area contributed by atoms with Crippen molar-refractivity contribution in [2.75, 3.05) is 5.75 Å². The Morgan fingerprint density at radius 2 is 2.05 bits per heavy atom. The van der Waals surface area contributed by atoms with Crippen LogP contribution in [0, 0.1) is 5.41 Å². The number of carbonyl (C=O) groups excluding carboxylic acids is 1. The summed E-state index contributed by atoms with van der Waals surface area (Å²) in [7, 11) is -3.61. The molecule has 0 unspecified atom stereocenters. The number of aromatic nitrogens is 2. The van der Waals surface area contributed by atoms with E-state index >= 15 is 0 Å². The summed E-state index contributed by atoms with van der Waals surface area (Å²) in [4.78, 5) is 11.9. The van der Waals surface area contributed by atoms with Crippen molar-refractivity contribution in [1.82, 2.24) is 14.5 Å². The number of nitrogens with one attached hydrogen (secondary N) is 1. The van der Waals surface area contributed by atoms with Crippen molar-refractivity contribution in [3.05, 3.63) is 18.0 Å². The molecule has 0 aromatic carbocycles. The summed E-state index contributed by atoms with van der Waals surface area (Å²) in [6, 6.07) is 1.50. The number of amides is 1. The van der Waals surface area contributed by atoms with Crippen LogP contribution in [-0.2, 0) is 16.6 Å². The number of carbonyl (C=O) groups is 1. The van der Waals surface area contributed by atoms with Gasteiger partial charge in [-0.15, -0.1) is 0 Å². The summed E-state index contributed by atoms with van der Waals surface area (Å²) in [5, 5.41) is 3.93. The number of nitrogens with zero attached hydrogens (tertiary/aromatic N) is 2. The first kappa shape index (κ1) is 15.7. The molecule has 0 aliphatic heterocycles. The third kappa shape index (κ3) is 5.02. The normalized spacial score (nSPS) is 12.4. The minimum atomic E-state index is -3.61. The second-order valence-electron chi connectivity index (χ2n) is 5.59. The van der Waals surface area contributed by atoms with Gasteiger partial charge < -0.3 is 0 Å². The second-order valence-corrected chi connectivity index (χ2v) is 7.43. The Balaban J connectivity index is 2.71. The minimum Gasteiger partial charge on any atom is -0.266 e. The van der Waals surface area contributed by atoms with Crippen LogP contribution in [0.1, 0.15) is 44.6 Å². The van der Waals surface area contributed by atoms with Crippen molar-refractivity contribution in [2.45, 2.75) is 40.7 Å². The Labute approximate surface area is 114 Å². The maximum atomic E-state index is 11.9. The van der Waals surface area contributed by atoms with E-state index in [0.717, 1.165) is 0 Å². The van der Waals surface area contributed by atoms with Crippen LogP contribution in [0.25, 0.3) is 0 Å². The molecule has 1 heterocycles. The van der Waals surface area contributed by atoms with Gasteiger partial charge in [-0.3, -0.25) is 9.48 Å². The van der Waals surface area contributed by atoms with E-state index in [1.807, 2.05) is 27.7 Å². The van der Waals surface area contributed by atoms with Gasteiger partial charge >= 0.3 is 0 Å². The second kappa shape index (κ2) is 5.73. The lowest BCUT2D eigenvalue weighted by Gasteiger charge is -2.17. The number of sulfonamides is 1. The monoisotopic (exact) mass is 287 g/mol. The maximum absolute atomic E-state index is 11.9. The average molecular weight is 287 g/mol. The van der Waals surface area contributed by atoms with Crippen LogP contribution in [0.15, 0.2) is 12.3 Å². The molecular weight excluding hydrogens is 266 g/mol. The molecule has 0 saturated carbocycles. The highest BCUT2D eigenvalue weighted by Gasteiger charge is 2.21. The van der Waals surface area contributed by atoms with Gasteiger partial charge in [0, 0.05) is 12.7 Å². The van der Waals surface area contributed by atoms with E-state index in [1.165, 1.54) is 16.9 Å². The van der Waals surface area contributed by atoms with Gasteiger partial charge in [0.25, 0.3) is 5.91 Å². The zero-order chi connectivity index (χ0) is 14.7. The van der Waals surface area contributed by atoms with E-state index in [1.54, 1.807) is 0 Å². The molecule has 0 aliphatic rings. The van der Waals surface area contributed by atoms with Crippen LogP contribution < -0.4 is 4.72 Å². The van der Waals surface area contributed by atoms with E-state index in [0.29, 0.717) is 13.0 Å². The Bertz CT molecular complexity index is 541. The van der Waals surface area contributed by atoms with Crippen molar-refractivity contribution in [3.8, 4) is 0 Å². The highest BCUT2D eigenvalue weighted by Crippen LogP contribution is 2.18. The van der Waals surface area contributed by atoms with Crippen LogP contribution in [0.3, 0.4) is 0 Å². The molecule has 0 radical (unpaired) electrons. The lowest BCUT2D eigenvalue weighted by Crippen LogP contribution is -2.34. The Hall–Kier alpha value is -1.37. The Kier molecular flexibility index (Phi) is 4.73. The fourth-order valence-corrected chi connectivity index (χ4v) is 2.83. The molecule has 1 aromatic rings. The Morgan fingerprint density at radius 1 is 1.42 bits per heavy atom. The fraction of sp³-hybridized carbons (Fsp3) is 0.667. The molecule has 0 fully saturated rings. The van der Waals surface area contributed by atoms with Gasteiger partial charge in [-0.25, -0.2) is 13.1 Å². The smallest absolute Gasteiger partial charge is 0.266 e. The zero-order valence-corrected chi connectivity index (χ0v) is 12.6. The number of hydrogen-bond donors (Lipinski definition) is 1. The molecule has 0 aliphatic carbocycles. The molecule has 0 bridgehead atoms. The molecule has 1 N–H and O–H groups in total. The van der Waals surface area contributed by atoms with Gasteiger partial charge in [0.15, 0.2) is 0 Å². The number of aryl methyl sites for hydroxylation is 1. The van der Waals surface area contributed by atoms with Gasteiger partial charge in [0.1, 0.15) is 5.69 Å². The van der Waals surface area contributed by atoms with Crippen LogP contribution in [-0.4, -0.2) is 29.9 Å². The van der Waals surface area contributed by atoms with Crippen LogP contribution in [0.2, 0.25) is 0 Å². The van der Waals surface area contributed by atoms with Crippen molar-refractivity contribution >= 4 is 15.9 Å². The summed E-state index contributed by atoms with van der Waals surface area (Å²) < 4.78 is 27.2. The Morgan fingerprint density at radius 3 is 2.58 bits per heavy atom. The minimum absolute atomic E-state index is 0.0670. The van der Waals surface area contributed by atoms with Gasteiger partial charge in [-0.1, -0.05) is 20.8 Å². The highest BCUT2D eigenvalue weighted by atomic mass is 32.2. The van der Waals surface area contributed by atoms with Crippen LogP contribution in [0.5, 0.6) is 0 Å². The molecule has 0 spiro atoms. The van der Waals surface area contributed by atoms with Gasteiger partial charge in [-0.05, 0) is 24.8 Å². The van der Waals surface area contributed by atoms with E-state index in [4.69, 9.17) is 0 Å².